The van der Waals surface area contributed by atoms with Gasteiger partial charge in [-0.1, -0.05) is 66.7 Å². The van der Waals surface area contributed by atoms with Gasteiger partial charge in [-0.3, -0.25) is 14.9 Å². The quantitative estimate of drug-likeness (QED) is 0.175. The molecule has 5 heteroatoms. The third-order valence-corrected chi connectivity index (χ3v) is 7.07. The third kappa shape index (κ3) is 5.37. The Morgan fingerprint density at radius 1 is 1.03 bits per heavy atom. The molecule has 4 aromatic rings. The highest BCUT2D eigenvalue weighted by atomic mass is 16.5. The largest absolute Gasteiger partial charge is 0.361 e. The molecule has 35 heavy (non-hydrogen) atoms. The average Bonchev–Trinajstić information content (AvgIpc) is 3.52. The first-order chi connectivity index (χ1) is 17.2. The molecule has 3 N–H and O–H groups in total. The number of rotatable bonds is 9. The van der Waals surface area contributed by atoms with Crippen molar-refractivity contribution >= 4 is 22.9 Å². The van der Waals surface area contributed by atoms with Crippen LogP contribution in [-0.2, 0) is 24.1 Å². The molecule has 0 bridgehead atoms. The second-order valence-electron chi connectivity index (χ2n) is 9.20. The molecule has 178 valence electrons. The number of aromatic nitrogens is 1. The second-order valence-corrected chi connectivity index (χ2v) is 9.20. The maximum Gasteiger partial charge on any atom is 0.267 e. The zero-order valence-corrected chi connectivity index (χ0v) is 19.8. The van der Waals surface area contributed by atoms with Gasteiger partial charge in [0.2, 0.25) is 0 Å². The molecule has 0 aliphatic heterocycles. The number of para-hydroxylation sites is 1. The third-order valence-electron chi connectivity index (χ3n) is 7.07. The predicted octanol–water partition coefficient (Wildman–Crippen LogP) is 5.46. The number of nitrogens with one attached hydrogen (secondary N) is 2. The molecular formula is C30H31N3O2. The van der Waals surface area contributed by atoms with Crippen LogP contribution in [0.4, 0.5) is 0 Å². The number of carbonyl (C=O) groups is 1. The van der Waals surface area contributed by atoms with Crippen LogP contribution in [0.25, 0.3) is 17.0 Å². The van der Waals surface area contributed by atoms with Crippen molar-refractivity contribution in [2.75, 3.05) is 13.1 Å². The van der Waals surface area contributed by atoms with Crippen LogP contribution in [0.5, 0.6) is 0 Å². The van der Waals surface area contributed by atoms with Crippen molar-refractivity contribution in [1.29, 1.82) is 0 Å². The number of fused-ring (bicyclic) bond motifs is 2. The van der Waals surface area contributed by atoms with Crippen LogP contribution in [0.2, 0.25) is 0 Å². The molecule has 0 fully saturated rings. The topological polar surface area (TPSA) is 68.4 Å². The van der Waals surface area contributed by atoms with Crippen LogP contribution < -0.4 is 5.48 Å². The highest BCUT2D eigenvalue weighted by Crippen LogP contribution is 2.37. The van der Waals surface area contributed by atoms with Crippen molar-refractivity contribution < 1.29 is 10.0 Å². The summed E-state index contributed by atoms with van der Waals surface area (Å²) in [6.07, 6.45) is 9.40. The molecule has 0 radical (unpaired) electrons. The summed E-state index contributed by atoms with van der Waals surface area (Å²) in [7, 11) is 0. The Morgan fingerprint density at radius 2 is 1.83 bits per heavy atom. The molecule has 5 rings (SSSR count). The van der Waals surface area contributed by atoms with E-state index in [2.05, 4.69) is 88.9 Å². The zero-order valence-electron chi connectivity index (χ0n) is 19.8. The van der Waals surface area contributed by atoms with Crippen molar-refractivity contribution in [3.05, 3.63) is 113 Å². The van der Waals surface area contributed by atoms with E-state index in [1.807, 2.05) is 0 Å². The SMILES string of the molecule is O=C(/C=C/c1ccc2c(c1)CCC2N(CCc1ccccc1)CCc1c[nH]c2ccccc12)NO. The summed E-state index contributed by atoms with van der Waals surface area (Å²) in [6, 6.07) is 26.1. The maximum atomic E-state index is 11.3. The van der Waals surface area contributed by atoms with Gasteiger partial charge in [0.1, 0.15) is 0 Å². The number of hydroxylamine groups is 1. The van der Waals surface area contributed by atoms with E-state index in [1.165, 1.54) is 39.2 Å². The van der Waals surface area contributed by atoms with Crippen molar-refractivity contribution in [2.45, 2.75) is 31.7 Å². The molecule has 1 heterocycles. The van der Waals surface area contributed by atoms with E-state index in [9.17, 15) is 4.79 Å². The molecular weight excluding hydrogens is 434 g/mol. The van der Waals surface area contributed by atoms with E-state index >= 15 is 0 Å². The van der Waals surface area contributed by atoms with Gasteiger partial charge in [-0.25, -0.2) is 5.48 Å². The van der Waals surface area contributed by atoms with Crippen LogP contribution in [-0.4, -0.2) is 34.1 Å². The fourth-order valence-electron chi connectivity index (χ4n) is 5.25. The van der Waals surface area contributed by atoms with Crippen molar-refractivity contribution in [1.82, 2.24) is 15.4 Å². The summed E-state index contributed by atoms with van der Waals surface area (Å²) >= 11 is 0. The Labute approximate surface area is 206 Å². The van der Waals surface area contributed by atoms with Crippen LogP contribution >= 0.6 is 0 Å². The van der Waals surface area contributed by atoms with E-state index in [0.717, 1.165) is 44.3 Å². The smallest absolute Gasteiger partial charge is 0.267 e. The van der Waals surface area contributed by atoms with Crippen molar-refractivity contribution in [2.24, 2.45) is 0 Å². The molecule has 0 saturated carbocycles. The number of hydrogen-bond donors (Lipinski definition) is 3. The van der Waals surface area contributed by atoms with Crippen molar-refractivity contribution in [3.63, 3.8) is 0 Å². The molecule has 5 nitrogen and oxygen atoms in total. The fourth-order valence-corrected chi connectivity index (χ4v) is 5.25. The molecule has 3 aromatic carbocycles. The highest BCUT2D eigenvalue weighted by Gasteiger charge is 2.28. The van der Waals surface area contributed by atoms with Gasteiger partial charge in [0.25, 0.3) is 5.91 Å². The number of aryl methyl sites for hydroxylation is 1. The molecule has 1 aromatic heterocycles. The number of nitrogens with zero attached hydrogens (tertiary/aromatic N) is 1. The Morgan fingerprint density at radius 3 is 2.69 bits per heavy atom. The Kier molecular flexibility index (Phi) is 7.07. The van der Waals surface area contributed by atoms with Gasteiger partial charge in [0.15, 0.2) is 0 Å². The summed E-state index contributed by atoms with van der Waals surface area (Å²) in [6.45, 7) is 2.01. The van der Waals surface area contributed by atoms with Crippen LogP contribution in [0, 0.1) is 0 Å². The molecule has 1 aliphatic rings. The minimum atomic E-state index is -0.521. The van der Waals surface area contributed by atoms with Crippen molar-refractivity contribution in [3.8, 4) is 0 Å². The summed E-state index contributed by atoms with van der Waals surface area (Å²) in [5.74, 6) is -0.521. The lowest BCUT2D eigenvalue weighted by Crippen LogP contribution is -2.31. The molecule has 1 amide bonds. The number of amides is 1. The van der Waals surface area contributed by atoms with E-state index in [4.69, 9.17) is 5.21 Å². The number of carbonyl (C=O) groups excluding carboxylic acids is 1. The van der Waals surface area contributed by atoms with E-state index in [-0.39, 0.29) is 0 Å². The highest BCUT2D eigenvalue weighted by molar-refractivity contribution is 5.90. The monoisotopic (exact) mass is 465 g/mol. The minimum absolute atomic E-state index is 0.387. The normalized spacial score (nSPS) is 15.2. The first kappa shape index (κ1) is 23.1. The minimum Gasteiger partial charge on any atom is -0.361 e. The van der Waals surface area contributed by atoms with Gasteiger partial charge in [-0.05, 0) is 65.6 Å². The van der Waals surface area contributed by atoms with Gasteiger partial charge < -0.3 is 4.98 Å². The van der Waals surface area contributed by atoms with E-state index < -0.39 is 5.91 Å². The van der Waals surface area contributed by atoms with Gasteiger partial charge in [0.05, 0.1) is 0 Å². The first-order valence-electron chi connectivity index (χ1n) is 12.3. The molecule has 1 atom stereocenters. The molecule has 1 unspecified atom stereocenters. The van der Waals surface area contributed by atoms with E-state index in [0.29, 0.717) is 6.04 Å². The second kappa shape index (κ2) is 10.7. The lowest BCUT2D eigenvalue weighted by molar-refractivity contribution is -0.124. The predicted molar refractivity (Wildman–Crippen MR) is 140 cm³/mol. The fraction of sp³-hybridized carbons (Fsp3) is 0.233. The van der Waals surface area contributed by atoms with Crippen LogP contribution in [0.1, 0.15) is 40.3 Å². The summed E-state index contributed by atoms with van der Waals surface area (Å²) in [5.41, 5.74) is 9.28. The van der Waals surface area contributed by atoms with Gasteiger partial charge in [0, 0.05) is 42.3 Å². The maximum absolute atomic E-state index is 11.3. The van der Waals surface area contributed by atoms with Crippen LogP contribution in [0.3, 0.4) is 0 Å². The van der Waals surface area contributed by atoms with Gasteiger partial charge in [-0.15, -0.1) is 0 Å². The summed E-state index contributed by atoms with van der Waals surface area (Å²) < 4.78 is 0. The number of aromatic amines is 1. The lowest BCUT2D eigenvalue weighted by Gasteiger charge is -2.30. The standard InChI is InChI=1S/C30H31N3O2/c34-30(32-35)15-11-23-10-13-27-24(20-23)12-14-29(27)33(18-16-22-6-2-1-3-7-22)19-17-25-21-31-28-9-5-4-8-26(25)28/h1-11,13,15,20-21,29,31,35H,12,14,16-19H2,(H,32,34)/b15-11+. The Hall–Kier alpha value is -3.67. The van der Waals surface area contributed by atoms with Gasteiger partial charge >= 0.3 is 0 Å². The van der Waals surface area contributed by atoms with Crippen LogP contribution in [0.15, 0.2) is 85.1 Å². The van der Waals surface area contributed by atoms with Gasteiger partial charge in [-0.2, -0.15) is 0 Å². The lowest BCUT2D eigenvalue weighted by atomic mass is 10.0. The van der Waals surface area contributed by atoms with E-state index in [1.54, 1.807) is 11.6 Å². The zero-order chi connectivity index (χ0) is 24.0. The summed E-state index contributed by atoms with van der Waals surface area (Å²) in [5, 5.41) is 10.0. The number of hydrogen-bond acceptors (Lipinski definition) is 3. The summed E-state index contributed by atoms with van der Waals surface area (Å²) in [4.78, 5) is 17.4. The number of benzene rings is 3. The molecule has 1 aliphatic carbocycles. The number of H-pyrrole nitrogens is 1. The average molecular weight is 466 g/mol. The molecule has 0 saturated heterocycles. The Bertz CT molecular complexity index is 1330. The molecule has 0 spiro atoms. The Balaban J connectivity index is 1.35. The first-order valence-corrected chi connectivity index (χ1v) is 12.3.